The van der Waals surface area contributed by atoms with Gasteiger partial charge in [-0.05, 0) is 55.7 Å². The average molecular weight is 573 g/mol. The fraction of sp³-hybridized carbons (Fsp3) is 0.500. The number of ether oxygens (including phenoxy) is 1. The topological polar surface area (TPSA) is 95.9 Å². The molecule has 2 saturated carbocycles. The van der Waals surface area contributed by atoms with Crippen LogP contribution in [0.25, 0.3) is 0 Å². The number of carbonyl (C=O) groups is 1. The van der Waals surface area contributed by atoms with Crippen LogP contribution in [0.5, 0.6) is 0 Å². The zero-order chi connectivity index (χ0) is 27.2. The third-order valence-corrected chi connectivity index (χ3v) is 10.8. The van der Waals surface area contributed by atoms with Gasteiger partial charge in [-0.25, -0.2) is 21.6 Å². The maximum atomic E-state index is 13.7. The molecule has 1 aliphatic heterocycles. The summed E-state index contributed by atoms with van der Waals surface area (Å²) in [7, 11) is -3.98. The monoisotopic (exact) mass is 572 g/mol. The third kappa shape index (κ3) is 5.06. The van der Waals surface area contributed by atoms with Gasteiger partial charge in [0, 0.05) is 43.0 Å². The van der Waals surface area contributed by atoms with Crippen LogP contribution in [0.3, 0.4) is 0 Å². The lowest BCUT2D eigenvalue weighted by Gasteiger charge is -2.45. The van der Waals surface area contributed by atoms with Crippen molar-refractivity contribution in [1.82, 2.24) is 4.90 Å². The summed E-state index contributed by atoms with van der Waals surface area (Å²) in [4.78, 5) is 14.7. The van der Waals surface area contributed by atoms with Crippen molar-refractivity contribution < 1.29 is 36.2 Å². The molecular weight excluding hydrogens is 545 g/mol. The van der Waals surface area contributed by atoms with E-state index in [0.29, 0.717) is 31.9 Å². The largest absolute Gasteiger partial charge is 0.388 e. The van der Waals surface area contributed by atoms with Crippen molar-refractivity contribution in [2.45, 2.75) is 41.4 Å². The van der Waals surface area contributed by atoms with E-state index in [1.54, 1.807) is 0 Å². The van der Waals surface area contributed by atoms with Gasteiger partial charge in [0.05, 0.1) is 34.0 Å². The van der Waals surface area contributed by atoms with Crippen molar-refractivity contribution in [2.75, 3.05) is 38.2 Å². The van der Waals surface area contributed by atoms with Gasteiger partial charge in [0.15, 0.2) is 27.3 Å². The number of sulfone groups is 1. The molecule has 1 heterocycles. The smallest absolute Gasteiger partial charge is 0.255 e. The third-order valence-electron chi connectivity index (χ3n) is 8.13. The number of fused-ring (bicyclic) bond motifs is 2. The van der Waals surface area contributed by atoms with Gasteiger partial charge in [-0.3, -0.25) is 9.69 Å². The Balaban J connectivity index is 1.35. The van der Waals surface area contributed by atoms with Gasteiger partial charge >= 0.3 is 0 Å². The fourth-order valence-corrected chi connectivity index (χ4v) is 8.51. The Hall–Kier alpha value is -2.18. The van der Waals surface area contributed by atoms with Crippen LogP contribution in [0.4, 0.5) is 18.9 Å². The number of carbonyl (C=O) groups excluding carboxylic acids is 1. The summed E-state index contributed by atoms with van der Waals surface area (Å²) < 4.78 is 73.1. The molecule has 1 saturated heterocycles. The lowest BCUT2D eigenvalue weighted by atomic mass is 9.74. The highest BCUT2D eigenvalue weighted by molar-refractivity contribution is 7.92. The standard InChI is InChI=1S/C26H28ClF3N2O5S/c27-20-4-1-15(25(33)31-18-12-21(28)24(30)22(29)13-18)9-23(20)38(35,36)19-10-16-2-3-17(11-19)26(16,34)14-32-5-7-37-8-6-32/h1,4,9,12-13,16-17,19,34H,2-3,5-8,10-11,14H2,(H,31,33)/t16?,17?,19-,26-. The van der Waals surface area contributed by atoms with E-state index >= 15 is 0 Å². The molecule has 38 heavy (non-hydrogen) atoms. The van der Waals surface area contributed by atoms with E-state index in [9.17, 15) is 31.5 Å². The number of nitrogens with one attached hydrogen (secondary N) is 1. The number of halogens is 4. The Morgan fingerprint density at radius 3 is 2.29 bits per heavy atom. The first kappa shape index (κ1) is 27.4. The Morgan fingerprint density at radius 2 is 1.68 bits per heavy atom. The van der Waals surface area contributed by atoms with E-state index < -0.39 is 44.0 Å². The van der Waals surface area contributed by atoms with Gasteiger partial charge < -0.3 is 15.2 Å². The van der Waals surface area contributed by atoms with Crippen molar-refractivity contribution in [3.8, 4) is 0 Å². The summed E-state index contributed by atoms with van der Waals surface area (Å²) in [5, 5.41) is 13.0. The lowest BCUT2D eigenvalue weighted by Crippen LogP contribution is -2.56. The molecule has 3 fully saturated rings. The highest BCUT2D eigenvalue weighted by Gasteiger charge is 2.56. The number of benzene rings is 2. The molecule has 12 heteroatoms. The summed E-state index contributed by atoms with van der Waals surface area (Å²) in [6.45, 7) is 3.15. The van der Waals surface area contributed by atoms with Crippen LogP contribution in [0.1, 0.15) is 36.0 Å². The molecule has 5 rings (SSSR count). The number of β-amino-alcohol motifs (C(OH)–C–C–N with tert-alkyl or cyclic N) is 1. The van der Waals surface area contributed by atoms with Crippen LogP contribution >= 0.6 is 11.6 Å². The molecule has 2 aromatic carbocycles. The maximum Gasteiger partial charge on any atom is 0.255 e. The second-order valence-electron chi connectivity index (χ2n) is 10.3. The number of hydrogen-bond donors (Lipinski definition) is 2. The summed E-state index contributed by atoms with van der Waals surface area (Å²) in [6, 6.07) is 4.96. The zero-order valence-corrected chi connectivity index (χ0v) is 22.0. The molecule has 2 aliphatic carbocycles. The second kappa shape index (κ2) is 10.4. The Bertz CT molecular complexity index is 1320. The van der Waals surface area contributed by atoms with Crippen molar-refractivity contribution in [3.63, 3.8) is 0 Å². The highest BCUT2D eigenvalue weighted by Crippen LogP contribution is 2.52. The number of morpholine rings is 1. The Kier molecular flexibility index (Phi) is 7.51. The molecule has 2 unspecified atom stereocenters. The molecule has 1 amide bonds. The van der Waals surface area contributed by atoms with E-state index in [1.165, 1.54) is 12.1 Å². The van der Waals surface area contributed by atoms with E-state index in [2.05, 4.69) is 10.2 Å². The SMILES string of the molecule is O=C(Nc1cc(F)c(F)c(F)c1)c1ccc(Cl)c(S(=O)(=O)[C@H]2CC3CCC(C2)[C@]3(O)CN2CCOCC2)c1. The normalized spacial score (nSPS) is 27.9. The molecule has 7 nitrogen and oxygen atoms in total. The number of rotatable bonds is 6. The Morgan fingerprint density at radius 1 is 1.08 bits per heavy atom. The predicted octanol–water partition coefficient (Wildman–Crippen LogP) is 4.04. The van der Waals surface area contributed by atoms with E-state index in [0.717, 1.165) is 32.0 Å². The highest BCUT2D eigenvalue weighted by atomic mass is 35.5. The first-order valence-corrected chi connectivity index (χ1v) is 14.4. The van der Waals surface area contributed by atoms with Crippen molar-refractivity contribution in [2.24, 2.45) is 11.8 Å². The van der Waals surface area contributed by atoms with Crippen LogP contribution in [-0.2, 0) is 14.6 Å². The summed E-state index contributed by atoms with van der Waals surface area (Å²) in [5.74, 6) is -5.82. The minimum atomic E-state index is -3.98. The van der Waals surface area contributed by atoms with Crippen LogP contribution < -0.4 is 5.32 Å². The first-order valence-electron chi connectivity index (χ1n) is 12.5. The number of anilines is 1. The quantitative estimate of drug-likeness (QED) is 0.508. The molecule has 2 N–H and O–H groups in total. The molecule has 0 aromatic heterocycles. The molecule has 3 aliphatic rings. The van der Waals surface area contributed by atoms with Crippen molar-refractivity contribution in [1.29, 1.82) is 0 Å². The minimum Gasteiger partial charge on any atom is -0.388 e. The number of aliphatic hydroxyl groups is 1. The molecule has 0 radical (unpaired) electrons. The summed E-state index contributed by atoms with van der Waals surface area (Å²) in [5.41, 5.74) is -1.39. The van der Waals surface area contributed by atoms with Crippen LogP contribution in [0, 0.1) is 29.3 Å². The average Bonchev–Trinajstić information content (AvgIpc) is 3.04. The van der Waals surface area contributed by atoms with Gasteiger partial charge in [0.25, 0.3) is 5.91 Å². The molecule has 206 valence electrons. The summed E-state index contributed by atoms with van der Waals surface area (Å²) >= 11 is 6.28. The van der Waals surface area contributed by atoms with Gasteiger partial charge in [0.2, 0.25) is 0 Å². The van der Waals surface area contributed by atoms with Gasteiger partial charge in [-0.15, -0.1) is 0 Å². The van der Waals surface area contributed by atoms with Crippen molar-refractivity contribution in [3.05, 3.63) is 58.4 Å². The fourth-order valence-electron chi connectivity index (χ4n) is 6.11. The van der Waals surface area contributed by atoms with Crippen LogP contribution in [0.15, 0.2) is 35.2 Å². The molecule has 2 atom stereocenters. The predicted molar refractivity (Wildman–Crippen MR) is 134 cm³/mol. The molecule has 2 bridgehead atoms. The lowest BCUT2D eigenvalue weighted by molar-refractivity contribution is -0.0935. The van der Waals surface area contributed by atoms with Gasteiger partial charge in [0.1, 0.15) is 0 Å². The first-order chi connectivity index (χ1) is 18.0. The number of amides is 1. The zero-order valence-electron chi connectivity index (χ0n) is 20.4. The van der Waals surface area contributed by atoms with E-state index in [1.807, 2.05) is 0 Å². The van der Waals surface area contributed by atoms with Crippen molar-refractivity contribution >= 4 is 33.0 Å². The molecular formula is C26H28ClF3N2O5S. The Labute approximate surface area is 223 Å². The van der Waals surface area contributed by atoms with E-state index in [4.69, 9.17) is 16.3 Å². The summed E-state index contributed by atoms with van der Waals surface area (Å²) in [6.07, 6.45) is 2.03. The maximum absolute atomic E-state index is 13.7. The number of nitrogens with zero attached hydrogens (tertiary/aromatic N) is 1. The van der Waals surface area contributed by atoms with Crippen LogP contribution in [-0.4, -0.2) is 68.0 Å². The van der Waals surface area contributed by atoms with Crippen LogP contribution in [0.2, 0.25) is 5.02 Å². The second-order valence-corrected chi connectivity index (χ2v) is 12.9. The minimum absolute atomic E-state index is 0.0538. The van der Waals surface area contributed by atoms with Gasteiger partial charge in [-0.2, -0.15) is 0 Å². The molecule has 0 spiro atoms. The van der Waals surface area contributed by atoms with Gasteiger partial charge in [-0.1, -0.05) is 11.6 Å². The molecule has 2 aromatic rings. The number of hydrogen-bond acceptors (Lipinski definition) is 6. The van der Waals surface area contributed by atoms with E-state index in [-0.39, 0.29) is 45.8 Å².